The van der Waals surface area contributed by atoms with Gasteiger partial charge in [0.25, 0.3) is 0 Å². The molecule has 2 rings (SSSR count). The second-order valence-corrected chi connectivity index (χ2v) is 8.66. The molecule has 1 aromatic carbocycles. The topological polar surface area (TPSA) is 72.2 Å². The first kappa shape index (κ1) is 16.7. The number of benzene rings is 1. The highest BCUT2D eigenvalue weighted by atomic mass is 32.2. The maximum atomic E-state index is 12.2. The molecule has 0 bridgehead atoms. The van der Waals surface area contributed by atoms with Crippen LogP contribution in [0.5, 0.6) is 0 Å². The van der Waals surface area contributed by atoms with Gasteiger partial charge < -0.3 is 5.73 Å². The molecule has 116 valence electrons. The lowest BCUT2D eigenvalue weighted by atomic mass is 10.0. The fourth-order valence-corrected chi connectivity index (χ4v) is 4.99. The van der Waals surface area contributed by atoms with Crippen LogP contribution in [0.2, 0.25) is 0 Å². The molecular formula is C14H20N2O2S3. The molecule has 1 heterocycles. The van der Waals surface area contributed by atoms with Gasteiger partial charge in [0.05, 0.1) is 5.75 Å². The molecule has 0 amide bonds. The third kappa shape index (κ3) is 5.25. The van der Waals surface area contributed by atoms with Crippen molar-refractivity contribution in [3.63, 3.8) is 0 Å². The molecule has 3 N–H and O–H groups in total. The monoisotopic (exact) mass is 344 g/mol. The zero-order valence-electron chi connectivity index (χ0n) is 11.7. The Morgan fingerprint density at radius 3 is 2.67 bits per heavy atom. The van der Waals surface area contributed by atoms with E-state index in [-0.39, 0.29) is 10.7 Å². The van der Waals surface area contributed by atoms with Gasteiger partial charge in [-0.25, -0.2) is 13.1 Å². The zero-order chi connectivity index (χ0) is 15.3. The molecule has 0 aliphatic carbocycles. The minimum absolute atomic E-state index is 0.0814. The Bertz CT molecular complexity index is 596. The van der Waals surface area contributed by atoms with E-state index in [0.717, 1.165) is 24.3 Å². The third-order valence-electron chi connectivity index (χ3n) is 3.56. The van der Waals surface area contributed by atoms with Crippen LogP contribution in [-0.2, 0) is 15.8 Å². The molecule has 1 aliphatic heterocycles. The highest BCUT2D eigenvalue weighted by molar-refractivity contribution is 7.99. The van der Waals surface area contributed by atoms with Gasteiger partial charge in [0.2, 0.25) is 10.0 Å². The minimum Gasteiger partial charge on any atom is -0.389 e. The molecule has 0 radical (unpaired) electrons. The van der Waals surface area contributed by atoms with Crippen molar-refractivity contribution in [1.29, 1.82) is 0 Å². The van der Waals surface area contributed by atoms with Crippen molar-refractivity contribution in [2.24, 2.45) is 11.7 Å². The Morgan fingerprint density at radius 1 is 1.33 bits per heavy atom. The van der Waals surface area contributed by atoms with Gasteiger partial charge in [-0.1, -0.05) is 36.5 Å². The number of rotatable bonds is 6. The molecule has 0 aromatic heterocycles. The first-order valence-electron chi connectivity index (χ1n) is 6.91. The summed E-state index contributed by atoms with van der Waals surface area (Å²) in [5, 5.41) is 0. The second-order valence-electron chi connectivity index (χ2n) is 5.18. The smallest absolute Gasteiger partial charge is 0.215 e. The number of nitrogens with two attached hydrogens (primary N) is 1. The maximum Gasteiger partial charge on any atom is 0.215 e. The van der Waals surface area contributed by atoms with Gasteiger partial charge in [0, 0.05) is 12.1 Å². The summed E-state index contributed by atoms with van der Waals surface area (Å²) in [5.41, 5.74) is 6.92. The number of hydrogen-bond acceptors (Lipinski definition) is 4. The van der Waals surface area contributed by atoms with E-state index in [2.05, 4.69) is 4.72 Å². The van der Waals surface area contributed by atoms with Crippen molar-refractivity contribution in [3.05, 3.63) is 35.4 Å². The SMILES string of the molecule is NC(=S)c1ccccc1CS(=O)(=O)NCC1CCSCC1. The summed E-state index contributed by atoms with van der Waals surface area (Å²) in [7, 11) is -3.36. The van der Waals surface area contributed by atoms with Crippen molar-refractivity contribution in [1.82, 2.24) is 4.72 Å². The van der Waals surface area contributed by atoms with Crippen molar-refractivity contribution in [2.45, 2.75) is 18.6 Å². The summed E-state index contributed by atoms with van der Waals surface area (Å²) in [4.78, 5) is 0.227. The van der Waals surface area contributed by atoms with Gasteiger partial charge in [0.15, 0.2) is 0 Å². The van der Waals surface area contributed by atoms with Crippen LogP contribution >= 0.6 is 24.0 Å². The lowest BCUT2D eigenvalue weighted by Crippen LogP contribution is -2.32. The van der Waals surface area contributed by atoms with E-state index in [1.165, 1.54) is 0 Å². The predicted molar refractivity (Wildman–Crippen MR) is 93.0 cm³/mol. The fourth-order valence-electron chi connectivity index (χ4n) is 2.34. The van der Waals surface area contributed by atoms with Gasteiger partial charge in [-0.3, -0.25) is 0 Å². The van der Waals surface area contributed by atoms with Gasteiger partial charge >= 0.3 is 0 Å². The molecule has 0 saturated carbocycles. The molecule has 1 fully saturated rings. The van der Waals surface area contributed by atoms with E-state index in [1.807, 2.05) is 11.8 Å². The van der Waals surface area contributed by atoms with E-state index >= 15 is 0 Å². The summed E-state index contributed by atoms with van der Waals surface area (Å²) < 4.78 is 27.2. The Labute approximate surface area is 135 Å². The molecule has 0 spiro atoms. The Hall–Kier alpha value is -0.630. The Kier molecular flexibility index (Phi) is 6.04. The van der Waals surface area contributed by atoms with Crippen molar-refractivity contribution in [2.75, 3.05) is 18.1 Å². The van der Waals surface area contributed by atoms with Crippen molar-refractivity contribution < 1.29 is 8.42 Å². The number of sulfonamides is 1. The molecule has 4 nitrogen and oxygen atoms in total. The molecule has 1 aromatic rings. The lowest BCUT2D eigenvalue weighted by Gasteiger charge is -2.21. The highest BCUT2D eigenvalue weighted by Crippen LogP contribution is 2.22. The largest absolute Gasteiger partial charge is 0.389 e. The highest BCUT2D eigenvalue weighted by Gasteiger charge is 2.19. The van der Waals surface area contributed by atoms with Gasteiger partial charge in [-0.15, -0.1) is 0 Å². The summed E-state index contributed by atoms with van der Waals surface area (Å²) in [5.74, 6) is 2.61. The van der Waals surface area contributed by atoms with Crippen LogP contribution in [0.4, 0.5) is 0 Å². The van der Waals surface area contributed by atoms with Crippen LogP contribution in [-0.4, -0.2) is 31.5 Å². The number of thioether (sulfide) groups is 1. The van der Waals surface area contributed by atoms with Gasteiger partial charge in [-0.2, -0.15) is 11.8 Å². The van der Waals surface area contributed by atoms with E-state index in [4.69, 9.17) is 18.0 Å². The average molecular weight is 345 g/mol. The Balaban J connectivity index is 1.99. The summed E-state index contributed by atoms with van der Waals surface area (Å²) in [6, 6.07) is 7.11. The molecule has 1 aliphatic rings. The number of nitrogens with one attached hydrogen (secondary N) is 1. The third-order valence-corrected chi connectivity index (χ3v) is 6.13. The molecule has 21 heavy (non-hydrogen) atoms. The molecule has 1 saturated heterocycles. The average Bonchev–Trinajstić information content (AvgIpc) is 2.46. The fraction of sp³-hybridized carbons (Fsp3) is 0.500. The molecular weight excluding hydrogens is 324 g/mol. The van der Waals surface area contributed by atoms with E-state index in [1.54, 1.807) is 24.3 Å². The van der Waals surface area contributed by atoms with Crippen molar-refractivity contribution >= 4 is 39.0 Å². The van der Waals surface area contributed by atoms with Crippen molar-refractivity contribution in [3.8, 4) is 0 Å². The first-order valence-corrected chi connectivity index (χ1v) is 10.1. The minimum atomic E-state index is -3.36. The van der Waals surface area contributed by atoms with E-state index in [9.17, 15) is 8.42 Å². The normalized spacial score (nSPS) is 16.8. The van der Waals surface area contributed by atoms with Crippen LogP contribution in [0.1, 0.15) is 24.0 Å². The maximum absolute atomic E-state index is 12.2. The molecule has 7 heteroatoms. The summed E-state index contributed by atoms with van der Waals surface area (Å²) in [6.07, 6.45) is 2.16. The van der Waals surface area contributed by atoms with E-state index in [0.29, 0.717) is 23.6 Å². The quantitative estimate of drug-likeness (QED) is 0.771. The predicted octanol–water partition coefficient (Wildman–Crippen LogP) is 1.88. The summed E-state index contributed by atoms with van der Waals surface area (Å²) in [6.45, 7) is 0.526. The second kappa shape index (κ2) is 7.58. The summed E-state index contributed by atoms with van der Waals surface area (Å²) >= 11 is 6.90. The van der Waals surface area contributed by atoms with Gasteiger partial charge in [0.1, 0.15) is 4.99 Å². The zero-order valence-corrected chi connectivity index (χ0v) is 14.2. The Morgan fingerprint density at radius 2 is 2.00 bits per heavy atom. The lowest BCUT2D eigenvalue weighted by molar-refractivity contribution is 0.476. The number of thiocarbonyl (C=S) groups is 1. The molecule has 0 unspecified atom stereocenters. The van der Waals surface area contributed by atoms with Crippen LogP contribution in [0.15, 0.2) is 24.3 Å². The van der Waals surface area contributed by atoms with Crippen LogP contribution < -0.4 is 10.5 Å². The van der Waals surface area contributed by atoms with E-state index < -0.39 is 10.0 Å². The van der Waals surface area contributed by atoms with Gasteiger partial charge in [-0.05, 0) is 35.8 Å². The first-order chi connectivity index (χ1) is 9.98. The molecule has 0 atom stereocenters. The van der Waals surface area contributed by atoms with Crippen LogP contribution in [0.3, 0.4) is 0 Å². The van der Waals surface area contributed by atoms with Crippen LogP contribution in [0.25, 0.3) is 0 Å². The standard InChI is InChI=1S/C14H20N2O2S3/c15-14(19)13-4-2-1-3-12(13)10-21(17,18)16-9-11-5-7-20-8-6-11/h1-4,11,16H,5-10H2,(H2,15,19). The number of hydrogen-bond donors (Lipinski definition) is 2. The van der Waals surface area contributed by atoms with Crippen LogP contribution in [0, 0.1) is 5.92 Å².